The minimum absolute atomic E-state index is 0.0301. The number of carbonyl (C=O) groups is 1. The van der Waals surface area contributed by atoms with Gasteiger partial charge in [-0.15, -0.1) is 0 Å². The first kappa shape index (κ1) is 32.7. The summed E-state index contributed by atoms with van der Waals surface area (Å²) in [6, 6.07) is 27.3. The van der Waals surface area contributed by atoms with E-state index in [0.29, 0.717) is 40.1 Å². The van der Waals surface area contributed by atoms with Crippen molar-refractivity contribution >= 4 is 16.0 Å². The van der Waals surface area contributed by atoms with Gasteiger partial charge in [0.1, 0.15) is 11.6 Å². The van der Waals surface area contributed by atoms with Gasteiger partial charge in [0.2, 0.25) is 0 Å². The zero-order valence-electron chi connectivity index (χ0n) is 25.6. The zero-order valence-corrected chi connectivity index (χ0v) is 26.4. The molecular weight excluding hydrogens is 610 g/mol. The van der Waals surface area contributed by atoms with E-state index in [2.05, 4.69) is 55.5 Å². The van der Waals surface area contributed by atoms with Crippen LogP contribution in [0.2, 0.25) is 0 Å². The third kappa shape index (κ3) is 8.13. The van der Waals surface area contributed by atoms with Gasteiger partial charge in [-0.1, -0.05) is 74.5 Å². The maximum Gasteiger partial charge on any atom is 0.266 e. The molecule has 0 aliphatic rings. The van der Waals surface area contributed by atoms with E-state index in [-0.39, 0.29) is 17.9 Å². The number of rotatable bonds is 10. The van der Waals surface area contributed by atoms with Gasteiger partial charge >= 0.3 is 0 Å². The zero-order chi connectivity index (χ0) is 33.1. The molecule has 1 aromatic heterocycles. The molecular formula is C36H34F2N2O5S. The van der Waals surface area contributed by atoms with Crippen LogP contribution in [0.25, 0.3) is 22.5 Å². The molecule has 1 amide bonds. The highest BCUT2D eigenvalue weighted by Gasteiger charge is 2.22. The van der Waals surface area contributed by atoms with Crippen LogP contribution in [0.5, 0.6) is 0 Å². The Balaban J connectivity index is 1.43. The number of hydrogen-bond donors (Lipinski definition) is 2. The molecule has 1 unspecified atom stereocenters. The van der Waals surface area contributed by atoms with E-state index in [0.717, 1.165) is 11.1 Å². The highest BCUT2D eigenvalue weighted by Crippen LogP contribution is 2.34. The SMILES string of the molecule is CC(C)(C)c1ccc(C(Cc2ccc(C(=O)NCCS(=O)(=O)O)cc2)c2cc(-c3ccc(F)c(-c4ccc(F)cc4)c3)on2)cc1. The van der Waals surface area contributed by atoms with Crippen LogP contribution in [0.15, 0.2) is 102 Å². The van der Waals surface area contributed by atoms with E-state index in [1.807, 2.05) is 18.2 Å². The molecule has 0 aliphatic heterocycles. The quantitative estimate of drug-likeness (QED) is 0.152. The monoisotopic (exact) mass is 644 g/mol. The van der Waals surface area contributed by atoms with Crippen molar-refractivity contribution in [2.45, 2.75) is 38.5 Å². The molecule has 0 aliphatic carbocycles. The Morgan fingerprint density at radius 2 is 1.54 bits per heavy atom. The van der Waals surface area contributed by atoms with Crippen molar-refractivity contribution < 1.29 is 31.1 Å². The molecule has 1 heterocycles. The van der Waals surface area contributed by atoms with Crippen LogP contribution in [-0.2, 0) is 22.0 Å². The molecule has 0 fully saturated rings. The van der Waals surface area contributed by atoms with Crippen LogP contribution in [0.4, 0.5) is 8.78 Å². The summed E-state index contributed by atoms with van der Waals surface area (Å²) < 4.78 is 64.8. The van der Waals surface area contributed by atoms with Gasteiger partial charge in [0.15, 0.2) is 5.76 Å². The lowest BCUT2D eigenvalue weighted by atomic mass is 9.83. The highest BCUT2D eigenvalue weighted by molar-refractivity contribution is 7.85. The summed E-state index contributed by atoms with van der Waals surface area (Å²) >= 11 is 0. The van der Waals surface area contributed by atoms with Crippen molar-refractivity contribution in [2.75, 3.05) is 12.3 Å². The Morgan fingerprint density at radius 3 is 2.17 bits per heavy atom. The van der Waals surface area contributed by atoms with Gasteiger partial charge in [-0.05, 0) is 76.6 Å². The topological polar surface area (TPSA) is 110 Å². The standard InChI is InChI=1S/C36H34F2N2O5S/c1-36(2,3)28-13-8-25(9-14-28)31(20-23-4-6-26(7-5-23)35(41)39-18-19-46(42,43)44)33-22-34(45-40-33)27-12-17-32(38)30(21-27)24-10-15-29(37)16-11-24/h4-17,21-22,31H,18-20H2,1-3H3,(H,39,41)(H,42,43,44). The smallest absolute Gasteiger partial charge is 0.266 e. The van der Waals surface area contributed by atoms with Crippen molar-refractivity contribution in [3.05, 3.63) is 137 Å². The normalized spacial score (nSPS) is 12.6. The number of nitrogens with zero attached hydrogens (tertiary/aromatic N) is 1. The lowest BCUT2D eigenvalue weighted by molar-refractivity contribution is 0.0956. The van der Waals surface area contributed by atoms with E-state index in [1.54, 1.807) is 24.3 Å². The highest BCUT2D eigenvalue weighted by atomic mass is 32.2. The largest absolute Gasteiger partial charge is 0.356 e. The van der Waals surface area contributed by atoms with Crippen molar-refractivity contribution in [1.82, 2.24) is 10.5 Å². The van der Waals surface area contributed by atoms with Crippen molar-refractivity contribution in [1.29, 1.82) is 0 Å². The Kier molecular flexibility index (Phi) is 9.50. The molecule has 0 saturated heterocycles. The molecule has 0 bridgehead atoms. The molecule has 4 aromatic carbocycles. The number of carbonyl (C=O) groups excluding carboxylic acids is 1. The average Bonchev–Trinajstić information content (AvgIpc) is 3.50. The molecule has 10 heteroatoms. The molecule has 46 heavy (non-hydrogen) atoms. The molecule has 5 aromatic rings. The van der Waals surface area contributed by atoms with Crippen molar-refractivity contribution in [3.63, 3.8) is 0 Å². The predicted octanol–water partition coefficient (Wildman–Crippen LogP) is 7.58. The number of aromatic nitrogens is 1. The summed E-state index contributed by atoms with van der Waals surface area (Å²) in [4.78, 5) is 12.5. The third-order valence-electron chi connectivity index (χ3n) is 7.77. The van der Waals surface area contributed by atoms with Crippen LogP contribution in [-0.4, -0.2) is 36.3 Å². The Bertz CT molecular complexity index is 1930. The number of amides is 1. The summed E-state index contributed by atoms with van der Waals surface area (Å²) in [6.07, 6.45) is 0.524. The second-order valence-corrected chi connectivity index (χ2v) is 13.8. The summed E-state index contributed by atoms with van der Waals surface area (Å²) in [5.41, 5.74) is 5.55. The molecule has 0 saturated carbocycles. The van der Waals surface area contributed by atoms with Crippen LogP contribution < -0.4 is 5.32 Å². The third-order valence-corrected chi connectivity index (χ3v) is 8.49. The van der Waals surface area contributed by atoms with E-state index >= 15 is 0 Å². The molecule has 2 N–H and O–H groups in total. The van der Waals surface area contributed by atoms with Crippen LogP contribution >= 0.6 is 0 Å². The lowest BCUT2D eigenvalue weighted by Gasteiger charge is -2.21. The molecule has 0 spiro atoms. The van der Waals surface area contributed by atoms with Gasteiger partial charge in [-0.2, -0.15) is 8.42 Å². The van der Waals surface area contributed by atoms with E-state index in [4.69, 9.17) is 9.08 Å². The summed E-state index contributed by atoms with van der Waals surface area (Å²) in [5, 5.41) is 6.90. The fourth-order valence-electron chi connectivity index (χ4n) is 5.15. The minimum Gasteiger partial charge on any atom is -0.356 e. The van der Waals surface area contributed by atoms with Crippen LogP contribution in [0.3, 0.4) is 0 Å². The summed E-state index contributed by atoms with van der Waals surface area (Å²) in [6.45, 7) is 6.23. The predicted molar refractivity (Wildman–Crippen MR) is 173 cm³/mol. The van der Waals surface area contributed by atoms with Crippen LogP contribution in [0, 0.1) is 11.6 Å². The lowest BCUT2D eigenvalue weighted by Crippen LogP contribution is -2.28. The van der Waals surface area contributed by atoms with Gasteiger partial charge in [0.25, 0.3) is 16.0 Å². The van der Waals surface area contributed by atoms with Gasteiger partial charge in [-0.3, -0.25) is 9.35 Å². The van der Waals surface area contributed by atoms with E-state index in [9.17, 15) is 22.0 Å². The van der Waals surface area contributed by atoms with Crippen molar-refractivity contribution in [2.24, 2.45) is 0 Å². The molecule has 0 radical (unpaired) electrons. The fraction of sp³-hybridized carbons (Fsp3) is 0.222. The van der Waals surface area contributed by atoms with Gasteiger partial charge < -0.3 is 9.84 Å². The fourth-order valence-corrected chi connectivity index (χ4v) is 5.51. The van der Waals surface area contributed by atoms with Crippen molar-refractivity contribution in [3.8, 4) is 22.5 Å². The number of hydrogen-bond acceptors (Lipinski definition) is 5. The molecule has 238 valence electrons. The first-order chi connectivity index (χ1) is 21.8. The molecule has 7 nitrogen and oxygen atoms in total. The second-order valence-electron chi connectivity index (χ2n) is 12.2. The van der Waals surface area contributed by atoms with E-state index in [1.165, 1.54) is 35.9 Å². The number of benzene rings is 4. The second kappa shape index (κ2) is 13.4. The van der Waals surface area contributed by atoms with Gasteiger partial charge in [0.05, 0.1) is 11.4 Å². The number of halogens is 2. The van der Waals surface area contributed by atoms with Crippen LogP contribution in [0.1, 0.15) is 59.4 Å². The molecule has 1 atom stereocenters. The first-order valence-corrected chi connectivity index (χ1v) is 16.3. The summed E-state index contributed by atoms with van der Waals surface area (Å²) in [5.74, 6) is -1.65. The maximum atomic E-state index is 14.8. The first-order valence-electron chi connectivity index (χ1n) is 14.7. The maximum absolute atomic E-state index is 14.8. The Hall–Kier alpha value is -4.67. The Labute approximate surface area is 267 Å². The van der Waals surface area contributed by atoms with Gasteiger partial charge in [-0.25, -0.2) is 8.78 Å². The van der Waals surface area contributed by atoms with Gasteiger partial charge in [0, 0.05) is 35.2 Å². The number of nitrogens with one attached hydrogen (secondary N) is 1. The summed E-state index contributed by atoms with van der Waals surface area (Å²) in [7, 11) is -4.18. The van der Waals surface area contributed by atoms with E-state index < -0.39 is 33.4 Å². The molecule has 5 rings (SSSR count). The average molecular weight is 645 g/mol. The minimum atomic E-state index is -4.18. The Morgan fingerprint density at radius 1 is 0.891 bits per heavy atom.